The average molecular weight is 167 g/mol. The van der Waals surface area contributed by atoms with Gasteiger partial charge in [-0.25, -0.2) is 0 Å². The summed E-state index contributed by atoms with van der Waals surface area (Å²) < 4.78 is 0. The highest BCUT2D eigenvalue weighted by atomic mass is 32.1. The van der Waals surface area contributed by atoms with Crippen molar-refractivity contribution >= 4 is 17.2 Å². The monoisotopic (exact) mass is 167 g/mol. The SMILES string of the molecule is ONC(=S)Cc1ccccc1. The molecule has 3 heteroatoms. The van der Waals surface area contributed by atoms with Gasteiger partial charge in [-0.05, 0) is 5.56 Å². The van der Waals surface area contributed by atoms with Gasteiger partial charge in [-0.2, -0.15) is 0 Å². The first-order valence-corrected chi connectivity index (χ1v) is 3.70. The molecule has 0 saturated heterocycles. The lowest BCUT2D eigenvalue weighted by Gasteiger charge is -2.00. The summed E-state index contributed by atoms with van der Waals surface area (Å²) in [5, 5.41) is 8.40. The molecule has 0 atom stereocenters. The van der Waals surface area contributed by atoms with Crippen molar-refractivity contribution in [2.75, 3.05) is 0 Å². The third kappa shape index (κ3) is 2.65. The van der Waals surface area contributed by atoms with E-state index in [9.17, 15) is 0 Å². The van der Waals surface area contributed by atoms with Gasteiger partial charge in [-0.15, -0.1) is 0 Å². The van der Waals surface area contributed by atoms with Crippen molar-refractivity contribution < 1.29 is 5.21 Å². The van der Waals surface area contributed by atoms with Crippen LogP contribution >= 0.6 is 12.2 Å². The second-order valence-corrected chi connectivity index (χ2v) is 2.69. The minimum atomic E-state index is 0.441. The number of thiocarbonyl (C=S) groups is 1. The average Bonchev–Trinajstić information content (AvgIpc) is 2.06. The highest BCUT2D eigenvalue weighted by Gasteiger charge is 1.94. The Hall–Kier alpha value is -0.930. The molecular formula is C8H9NOS. The molecule has 0 unspecified atom stereocenters. The molecule has 1 aromatic carbocycles. The Morgan fingerprint density at radius 3 is 2.55 bits per heavy atom. The van der Waals surface area contributed by atoms with Gasteiger partial charge in [-0.1, -0.05) is 42.5 Å². The van der Waals surface area contributed by atoms with E-state index in [1.165, 1.54) is 0 Å². The molecule has 0 aromatic heterocycles. The third-order valence-corrected chi connectivity index (χ3v) is 1.57. The summed E-state index contributed by atoms with van der Waals surface area (Å²) in [6.07, 6.45) is 0.590. The number of nitrogens with one attached hydrogen (secondary N) is 1. The van der Waals surface area contributed by atoms with Crippen LogP contribution in [0.25, 0.3) is 0 Å². The van der Waals surface area contributed by atoms with Crippen molar-refractivity contribution in [3.63, 3.8) is 0 Å². The molecule has 0 bridgehead atoms. The normalized spacial score (nSPS) is 9.18. The van der Waals surface area contributed by atoms with E-state index in [0.29, 0.717) is 11.4 Å². The summed E-state index contributed by atoms with van der Waals surface area (Å²) in [6.45, 7) is 0. The number of hydrogen-bond donors (Lipinski definition) is 2. The van der Waals surface area contributed by atoms with Crippen molar-refractivity contribution in [1.82, 2.24) is 5.48 Å². The lowest BCUT2D eigenvalue weighted by molar-refractivity contribution is 0.235. The van der Waals surface area contributed by atoms with Crippen molar-refractivity contribution in [1.29, 1.82) is 0 Å². The zero-order chi connectivity index (χ0) is 8.10. The zero-order valence-corrected chi connectivity index (χ0v) is 6.77. The van der Waals surface area contributed by atoms with Crippen LogP contribution in [0.1, 0.15) is 5.56 Å². The van der Waals surface area contributed by atoms with E-state index in [4.69, 9.17) is 17.4 Å². The Balaban J connectivity index is 2.58. The highest BCUT2D eigenvalue weighted by Crippen LogP contribution is 1.99. The lowest BCUT2D eigenvalue weighted by atomic mass is 10.2. The first-order valence-electron chi connectivity index (χ1n) is 3.30. The smallest absolute Gasteiger partial charge is 0.104 e. The Bertz CT molecular complexity index is 235. The Kier molecular flexibility index (Phi) is 3.01. The van der Waals surface area contributed by atoms with E-state index in [1.807, 2.05) is 35.8 Å². The fourth-order valence-corrected chi connectivity index (χ4v) is 0.987. The summed E-state index contributed by atoms with van der Waals surface area (Å²) in [5.41, 5.74) is 3.04. The summed E-state index contributed by atoms with van der Waals surface area (Å²) in [4.78, 5) is 0.441. The lowest BCUT2D eigenvalue weighted by Crippen LogP contribution is -2.18. The van der Waals surface area contributed by atoms with Gasteiger partial charge in [0.1, 0.15) is 4.99 Å². The van der Waals surface area contributed by atoms with Crippen LogP contribution in [-0.4, -0.2) is 10.2 Å². The molecule has 0 fully saturated rings. The van der Waals surface area contributed by atoms with Gasteiger partial charge in [0.15, 0.2) is 0 Å². The topological polar surface area (TPSA) is 32.3 Å². The van der Waals surface area contributed by atoms with E-state index in [-0.39, 0.29) is 0 Å². The van der Waals surface area contributed by atoms with Gasteiger partial charge >= 0.3 is 0 Å². The van der Waals surface area contributed by atoms with E-state index in [0.717, 1.165) is 5.56 Å². The Morgan fingerprint density at radius 1 is 1.36 bits per heavy atom. The maximum atomic E-state index is 8.40. The maximum Gasteiger partial charge on any atom is 0.104 e. The van der Waals surface area contributed by atoms with Crippen LogP contribution < -0.4 is 5.48 Å². The van der Waals surface area contributed by atoms with Crippen LogP contribution in [0.2, 0.25) is 0 Å². The third-order valence-electron chi connectivity index (χ3n) is 1.33. The van der Waals surface area contributed by atoms with Crippen LogP contribution in [0.3, 0.4) is 0 Å². The molecule has 0 aliphatic rings. The van der Waals surface area contributed by atoms with Crippen LogP contribution in [0.15, 0.2) is 30.3 Å². The van der Waals surface area contributed by atoms with Crippen LogP contribution in [0, 0.1) is 0 Å². The predicted molar refractivity (Wildman–Crippen MR) is 47.7 cm³/mol. The minimum absolute atomic E-state index is 0.441. The highest BCUT2D eigenvalue weighted by molar-refractivity contribution is 7.80. The standard InChI is InChI=1S/C8H9NOS/c10-9-8(11)6-7-4-2-1-3-5-7/h1-5,10H,6H2,(H,9,11). The van der Waals surface area contributed by atoms with E-state index >= 15 is 0 Å². The molecule has 0 radical (unpaired) electrons. The van der Waals surface area contributed by atoms with Gasteiger partial charge in [0.2, 0.25) is 0 Å². The molecule has 11 heavy (non-hydrogen) atoms. The number of hydroxylamine groups is 1. The first-order chi connectivity index (χ1) is 5.33. The molecule has 2 nitrogen and oxygen atoms in total. The Morgan fingerprint density at radius 2 is 2.00 bits per heavy atom. The predicted octanol–water partition coefficient (Wildman–Crippen LogP) is 1.54. The molecule has 2 N–H and O–H groups in total. The van der Waals surface area contributed by atoms with Gasteiger partial charge in [0, 0.05) is 6.42 Å². The number of benzene rings is 1. The molecule has 0 aliphatic heterocycles. The molecule has 0 saturated carbocycles. The van der Waals surface area contributed by atoms with E-state index < -0.39 is 0 Å². The second kappa shape index (κ2) is 4.05. The molecule has 0 aliphatic carbocycles. The molecular weight excluding hydrogens is 158 g/mol. The quantitative estimate of drug-likeness (QED) is 0.517. The van der Waals surface area contributed by atoms with Gasteiger partial charge in [-0.3, -0.25) is 10.7 Å². The summed E-state index contributed by atoms with van der Waals surface area (Å²) in [7, 11) is 0. The molecule has 1 aromatic rings. The van der Waals surface area contributed by atoms with Crippen LogP contribution in [-0.2, 0) is 6.42 Å². The molecule has 1 rings (SSSR count). The largest absolute Gasteiger partial charge is 0.291 e. The summed E-state index contributed by atoms with van der Waals surface area (Å²) >= 11 is 4.78. The van der Waals surface area contributed by atoms with Gasteiger partial charge in [0.05, 0.1) is 0 Å². The number of hydrogen-bond acceptors (Lipinski definition) is 2. The zero-order valence-electron chi connectivity index (χ0n) is 5.95. The molecule has 0 amide bonds. The van der Waals surface area contributed by atoms with Gasteiger partial charge < -0.3 is 0 Å². The maximum absolute atomic E-state index is 8.40. The fraction of sp³-hybridized carbons (Fsp3) is 0.125. The summed E-state index contributed by atoms with van der Waals surface area (Å²) in [5.74, 6) is 0. The fourth-order valence-electron chi connectivity index (χ4n) is 0.821. The van der Waals surface area contributed by atoms with Crippen molar-refractivity contribution in [2.24, 2.45) is 0 Å². The Labute approximate surface area is 70.8 Å². The van der Waals surface area contributed by atoms with Crippen LogP contribution in [0.5, 0.6) is 0 Å². The molecule has 58 valence electrons. The molecule has 0 spiro atoms. The van der Waals surface area contributed by atoms with E-state index in [1.54, 1.807) is 0 Å². The van der Waals surface area contributed by atoms with Gasteiger partial charge in [0.25, 0.3) is 0 Å². The first kappa shape index (κ1) is 8.17. The van der Waals surface area contributed by atoms with Crippen molar-refractivity contribution in [3.05, 3.63) is 35.9 Å². The molecule has 0 heterocycles. The van der Waals surface area contributed by atoms with Crippen molar-refractivity contribution in [2.45, 2.75) is 6.42 Å². The van der Waals surface area contributed by atoms with E-state index in [2.05, 4.69) is 0 Å². The minimum Gasteiger partial charge on any atom is -0.291 e. The van der Waals surface area contributed by atoms with Crippen LogP contribution in [0.4, 0.5) is 0 Å². The second-order valence-electron chi connectivity index (χ2n) is 2.20. The van der Waals surface area contributed by atoms with Crippen molar-refractivity contribution in [3.8, 4) is 0 Å². The number of rotatable bonds is 2. The summed E-state index contributed by atoms with van der Waals surface area (Å²) in [6, 6.07) is 9.75.